The molecule has 4 N–H and O–H groups in total. The number of amides is 2. The first kappa shape index (κ1) is 28.6. The molecule has 0 spiro atoms. The SMILES string of the molecule is C[C@@H](OCc1ccc(CC2CCN(CC(=O)O)CC2)cc1)[C@H](CCC(N)=O)NC(=O)OC(C)(C)C. The predicted molar refractivity (Wildman–Crippen MR) is 133 cm³/mol. The largest absolute Gasteiger partial charge is 0.480 e. The molecule has 35 heavy (non-hydrogen) atoms. The maximum Gasteiger partial charge on any atom is 0.407 e. The first-order chi connectivity index (χ1) is 16.4. The number of piperidine rings is 1. The molecule has 0 saturated carbocycles. The predicted octanol–water partition coefficient (Wildman–Crippen LogP) is 3.09. The van der Waals surface area contributed by atoms with Crippen molar-refractivity contribution >= 4 is 18.0 Å². The second-order valence-electron chi connectivity index (χ2n) is 10.4. The Bertz CT molecular complexity index is 828. The Balaban J connectivity index is 1.83. The Hall–Kier alpha value is -2.65. The summed E-state index contributed by atoms with van der Waals surface area (Å²) in [5.41, 5.74) is 6.94. The summed E-state index contributed by atoms with van der Waals surface area (Å²) >= 11 is 0. The van der Waals surface area contributed by atoms with Crippen LogP contribution in [0.3, 0.4) is 0 Å². The summed E-state index contributed by atoms with van der Waals surface area (Å²) in [6, 6.07) is 7.89. The molecular weight excluding hydrogens is 450 g/mol. The van der Waals surface area contributed by atoms with Crippen LogP contribution in [0.25, 0.3) is 0 Å². The number of nitrogens with two attached hydrogens (primary N) is 1. The van der Waals surface area contributed by atoms with Crippen LogP contribution >= 0.6 is 0 Å². The second-order valence-corrected chi connectivity index (χ2v) is 10.4. The summed E-state index contributed by atoms with van der Waals surface area (Å²) in [5, 5.41) is 11.7. The van der Waals surface area contributed by atoms with E-state index in [1.165, 1.54) is 5.56 Å². The zero-order chi connectivity index (χ0) is 26.0. The first-order valence-electron chi connectivity index (χ1n) is 12.3. The molecular formula is C26H41N3O6. The van der Waals surface area contributed by atoms with Crippen LogP contribution in [0.2, 0.25) is 0 Å². The standard InChI is InChI=1S/C26H41N3O6/c1-18(22(9-10-23(27)30)28-25(33)35-26(2,3)4)34-17-21-7-5-19(6-8-21)15-20-11-13-29(14-12-20)16-24(31)32/h5-8,18,20,22H,9-17H2,1-4H3,(H2,27,30)(H,28,33)(H,31,32)/t18-,22+/m1/s1. The number of ether oxygens (including phenoxy) is 2. The number of aliphatic carboxylic acids is 1. The van der Waals surface area contributed by atoms with Crippen molar-refractivity contribution in [3.05, 3.63) is 35.4 Å². The number of rotatable bonds is 12. The van der Waals surface area contributed by atoms with Gasteiger partial charge in [0.1, 0.15) is 5.60 Å². The lowest BCUT2D eigenvalue weighted by molar-refractivity contribution is -0.138. The number of carboxylic acid groups (broad SMARTS) is 1. The molecule has 1 saturated heterocycles. The van der Waals surface area contributed by atoms with Crippen molar-refractivity contribution < 1.29 is 29.0 Å². The van der Waals surface area contributed by atoms with Crippen LogP contribution in [0.5, 0.6) is 0 Å². The van der Waals surface area contributed by atoms with E-state index in [0.29, 0.717) is 18.9 Å². The number of likely N-dealkylation sites (tertiary alicyclic amines) is 1. The molecule has 1 aliphatic heterocycles. The Morgan fingerprint density at radius 1 is 1.14 bits per heavy atom. The summed E-state index contributed by atoms with van der Waals surface area (Å²) in [6.45, 7) is 9.37. The molecule has 1 aliphatic rings. The van der Waals surface area contributed by atoms with E-state index in [0.717, 1.165) is 37.9 Å². The molecule has 1 aromatic rings. The van der Waals surface area contributed by atoms with Crippen molar-refractivity contribution in [2.45, 2.75) is 84.2 Å². The summed E-state index contributed by atoms with van der Waals surface area (Å²) in [4.78, 5) is 36.4. The van der Waals surface area contributed by atoms with Gasteiger partial charge in [-0.3, -0.25) is 14.5 Å². The minimum Gasteiger partial charge on any atom is -0.480 e. The van der Waals surface area contributed by atoms with E-state index in [9.17, 15) is 14.4 Å². The van der Waals surface area contributed by atoms with Crippen LogP contribution < -0.4 is 11.1 Å². The molecule has 2 atom stereocenters. The molecule has 196 valence electrons. The van der Waals surface area contributed by atoms with Gasteiger partial charge in [-0.25, -0.2) is 4.79 Å². The Labute approximate surface area is 208 Å². The number of hydrogen-bond acceptors (Lipinski definition) is 6. The zero-order valence-electron chi connectivity index (χ0n) is 21.4. The Kier molecular flexibility index (Phi) is 11.0. The first-order valence-corrected chi connectivity index (χ1v) is 12.3. The van der Waals surface area contributed by atoms with Gasteiger partial charge >= 0.3 is 12.1 Å². The van der Waals surface area contributed by atoms with Gasteiger partial charge in [-0.2, -0.15) is 0 Å². The third-order valence-corrected chi connectivity index (χ3v) is 6.10. The third kappa shape index (κ3) is 11.6. The lowest BCUT2D eigenvalue weighted by Crippen LogP contribution is -2.45. The maximum atomic E-state index is 12.2. The van der Waals surface area contributed by atoms with Crippen molar-refractivity contribution in [3.63, 3.8) is 0 Å². The number of carbonyl (C=O) groups excluding carboxylic acids is 2. The number of primary amides is 1. The van der Waals surface area contributed by atoms with Gasteiger partial charge in [-0.05, 0) is 83.5 Å². The fourth-order valence-corrected chi connectivity index (χ4v) is 4.17. The summed E-state index contributed by atoms with van der Waals surface area (Å²) in [7, 11) is 0. The van der Waals surface area contributed by atoms with Gasteiger partial charge in [0, 0.05) is 6.42 Å². The summed E-state index contributed by atoms with van der Waals surface area (Å²) in [5.74, 6) is -0.640. The van der Waals surface area contributed by atoms with E-state index in [4.69, 9.17) is 20.3 Å². The summed E-state index contributed by atoms with van der Waals surface area (Å²) < 4.78 is 11.3. The minimum atomic E-state index is -0.768. The number of alkyl carbamates (subject to hydrolysis) is 1. The highest BCUT2D eigenvalue weighted by Gasteiger charge is 2.25. The maximum absolute atomic E-state index is 12.2. The molecule has 1 aromatic carbocycles. The lowest BCUT2D eigenvalue weighted by Gasteiger charge is -2.30. The smallest absolute Gasteiger partial charge is 0.407 e. The van der Waals surface area contributed by atoms with Gasteiger partial charge in [0.2, 0.25) is 5.91 Å². The number of benzene rings is 1. The van der Waals surface area contributed by atoms with E-state index in [2.05, 4.69) is 17.4 Å². The van der Waals surface area contributed by atoms with Crippen molar-refractivity contribution in [3.8, 4) is 0 Å². The molecule has 0 radical (unpaired) electrons. The second kappa shape index (κ2) is 13.4. The van der Waals surface area contributed by atoms with Crippen molar-refractivity contribution in [1.29, 1.82) is 0 Å². The quantitative estimate of drug-likeness (QED) is 0.409. The molecule has 2 rings (SSSR count). The van der Waals surface area contributed by atoms with Gasteiger partial charge in [-0.1, -0.05) is 24.3 Å². The van der Waals surface area contributed by atoms with Crippen molar-refractivity contribution in [2.24, 2.45) is 11.7 Å². The molecule has 9 nitrogen and oxygen atoms in total. The molecule has 1 fully saturated rings. The Morgan fingerprint density at radius 2 is 1.74 bits per heavy atom. The molecule has 1 heterocycles. The van der Waals surface area contributed by atoms with Crippen LogP contribution in [0.4, 0.5) is 4.79 Å². The van der Waals surface area contributed by atoms with Crippen LogP contribution in [-0.4, -0.2) is 65.4 Å². The fraction of sp³-hybridized carbons (Fsp3) is 0.654. The van der Waals surface area contributed by atoms with Gasteiger partial charge in [0.25, 0.3) is 0 Å². The Morgan fingerprint density at radius 3 is 2.29 bits per heavy atom. The number of carboxylic acids is 1. The van der Waals surface area contributed by atoms with E-state index >= 15 is 0 Å². The van der Waals surface area contributed by atoms with Gasteiger partial charge in [-0.15, -0.1) is 0 Å². The molecule has 0 bridgehead atoms. The van der Waals surface area contributed by atoms with Gasteiger partial charge in [0.15, 0.2) is 0 Å². The van der Waals surface area contributed by atoms with Crippen molar-refractivity contribution in [2.75, 3.05) is 19.6 Å². The fourth-order valence-electron chi connectivity index (χ4n) is 4.17. The highest BCUT2D eigenvalue weighted by molar-refractivity contribution is 5.74. The third-order valence-electron chi connectivity index (χ3n) is 6.10. The molecule has 0 aromatic heterocycles. The number of nitrogens with zero attached hydrogens (tertiary/aromatic N) is 1. The average molecular weight is 492 g/mol. The highest BCUT2D eigenvalue weighted by Crippen LogP contribution is 2.22. The van der Waals surface area contributed by atoms with E-state index in [-0.39, 0.29) is 19.1 Å². The molecule has 2 amide bonds. The lowest BCUT2D eigenvalue weighted by atomic mass is 9.90. The highest BCUT2D eigenvalue weighted by atomic mass is 16.6. The zero-order valence-corrected chi connectivity index (χ0v) is 21.4. The normalized spacial score (nSPS) is 16.9. The number of carbonyl (C=O) groups is 3. The topological polar surface area (TPSA) is 131 Å². The van der Waals surface area contributed by atoms with Crippen LogP contribution in [-0.2, 0) is 32.1 Å². The van der Waals surface area contributed by atoms with E-state index in [1.807, 2.05) is 24.0 Å². The van der Waals surface area contributed by atoms with Crippen LogP contribution in [0, 0.1) is 5.92 Å². The average Bonchev–Trinajstić information content (AvgIpc) is 2.75. The van der Waals surface area contributed by atoms with Gasteiger partial charge in [0.05, 0.1) is 25.3 Å². The van der Waals surface area contributed by atoms with Crippen LogP contribution in [0.1, 0.15) is 64.5 Å². The minimum absolute atomic E-state index is 0.122. The summed E-state index contributed by atoms with van der Waals surface area (Å²) in [6.07, 6.45) is 2.59. The molecule has 0 unspecified atom stereocenters. The van der Waals surface area contributed by atoms with Crippen molar-refractivity contribution in [1.82, 2.24) is 10.2 Å². The van der Waals surface area contributed by atoms with Gasteiger partial charge < -0.3 is 25.6 Å². The number of nitrogens with one attached hydrogen (secondary N) is 1. The number of hydrogen-bond donors (Lipinski definition) is 3. The molecule has 0 aliphatic carbocycles. The van der Waals surface area contributed by atoms with E-state index < -0.39 is 29.6 Å². The van der Waals surface area contributed by atoms with E-state index in [1.54, 1.807) is 20.8 Å². The monoisotopic (exact) mass is 491 g/mol. The molecule has 9 heteroatoms. The van der Waals surface area contributed by atoms with Crippen LogP contribution in [0.15, 0.2) is 24.3 Å².